The van der Waals surface area contributed by atoms with Crippen molar-refractivity contribution in [3.8, 4) is 11.1 Å². The summed E-state index contributed by atoms with van der Waals surface area (Å²) in [5.41, 5.74) is 5.00. The standard InChI is InChI=1S/C34H48FN3O3/c1-23-27(30(31(39)40)41-32(2,3)4)29(38-20-14-33(5,6)15-21-38)28(24-8-10-25(35)11-9-24)26(36-23)22-37-18-16-34(17-19-37)12-7-13-34/h8-11,30H,7,12-22H2,1-6H3,(H,39,40). The monoisotopic (exact) mass is 565 g/mol. The predicted molar refractivity (Wildman–Crippen MR) is 162 cm³/mol. The van der Waals surface area contributed by atoms with E-state index < -0.39 is 17.7 Å². The molecule has 1 aromatic heterocycles. The third kappa shape index (κ3) is 6.61. The van der Waals surface area contributed by atoms with E-state index in [1.54, 1.807) is 0 Å². The van der Waals surface area contributed by atoms with E-state index in [-0.39, 0.29) is 11.2 Å². The molecule has 1 atom stereocenters. The molecule has 1 unspecified atom stereocenters. The van der Waals surface area contributed by atoms with Crippen molar-refractivity contribution >= 4 is 11.7 Å². The van der Waals surface area contributed by atoms with Gasteiger partial charge in [0.2, 0.25) is 0 Å². The van der Waals surface area contributed by atoms with Gasteiger partial charge in [-0.15, -0.1) is 0 Å². The highest BCUT2D eigenvalue weighted by molar-refractivity contribution is 5.88. The number of carbonyl (C=O) groups is 1. The minimum absolute atomic E-state index is 0.219. The fourth-order valence-corrected chi connectivity index (χ4v) is 6.93. The molecule has 3 aliphatic rings. The van der Waals surface area contributed by atoms with Gasteiger partial charge in [-0.2, -0.15) is 0 Å². The van der Waals surface area contributed by atoms with Gasteiger partial charge in [0, 0.05) is 36.5 Å². The third-order valence-corrected chi connectivity index (χ3v) is 9.70. The van der Waals surface area contributed by atoms with Crippen LogP contribution in [0, 0.1) is 23.6 Å². The Hall–Kier alpha value is -2.51. The van der Waals surface area contributed by atoms with Crippen LogP contribution in [-0.4, -0.2) is 52.7 Å². The van der Waals surface area contributed by atoms with Gasteiger partial charge >= 0.3 is 5.97 Å². The minimum Gasteiger partial charge on any atom is -0.479 e. The second-order valence-electron chi connectivity index (χ2n) is 14.5. The highest BCUT2D eigenvalue weighted by Crippen LogP contribution is 2.50. The molecule has 41 heavy (non-hydrogen) atoms. The first-order valence-electron chi connectivity index (χ1n) is 15.4. The second kappa shape index (κ2) is 11.3. The van der Waals surface area contributed by atoms with Crippen LogP contribution in [-0.2, 0) is 16.1 Å². The zero-order valence-corrected chi connectivity index (χ0v) is 25.9. The summed E-state index contributed by atoms with van der Waals surface area (Å²) in [6.45, 7) is 16.6. The minimum atomic E-state index is -1.17. The lowest BCUT2D eigenvalue weighted by Crippen LogP contribution is -2.43. The van der Waals surface area contributed by atoms with Gasteiger partial charge in [0.15, 0.2) is 6.10 Å². The van der Waals surface area contributed by atoms with Crippen LogP contribution in [0.25, 0.3) is 11.1 Å². The lowest BCUT2D eigenvalue weighted by molar-refractivity contribution is -0.160. The van der Waals surface area contributed by atoms with Crippen molar-refractivity contribution in [1.29, 1.82) is 0 Å². The molecule has 0 radical (unpaired) electrons. The molecule has 5 rings (SSSR count). The summed E-state index contributed by atoms with van der Waals surface area (Å²) in [5.74, 6) is -1.32. The third-order valence-electron chi connectivity index (χ3n) is 9.70. The topological polar surface area (TPSA) is 65.9 Å². The Balaban J connectivity index is 1.66. The molecule has 2 saturated heterocycles. The molecule has 1 aromatic carbocycles. The molecule has 6 nitrogen and oxygen atoms in total. The molecule has 2 aliphatic heterocycles. The van der Waals surface area contributed by atoms with Crippen LogP contribution >= 0.6 is 0 Å². The summed E-state index contributed by atoms with van der Waals surface area (Å²) < 4.78 is 20.4. The number of carboxylic acid groups (broad SMARTS) is 1. The Labute approximate surface area is 245 Å². The van der Waals surface area contributed by atoms with Crippen molar-refractivity contribution in [3.05, 3.63) is 47.0 Å². The maximum atomic E-state index is 14.2. The molecule has 1 saturated carbocycles. The molecule has 0 amide bonds. The quantitative estimate of drug-likeness (QED) is 0.374. The van der Waals surface area contributed by atoms with Crippen LogP contribution in [0.1, 0.15) is 103 Å². The Morgan fingerprint density at radius 1 is 1.02 bits per heavy atom. The molecule has 2 aromatic rings. The molecule has 7 heteroatoms. The number of benzene rings is 1. The lowest BCUT2D eigenvalue weighted by atomic mass is 9.63. The van der Waals surface area contributed by atoms with Crippen molar-refractivity contribution in [1.82, 2.24) is 9.88 Å². The molecule has 224 valence electrons. The number of piperidine rings is 2. The first-order valence-corrected chi connectivity index (χ1v) is 15.4. The van der Waals surface area contributed by atoms with Gasteiger partial charge in [0.05, 0.1) is 17.0 Å². The first kappa shape index (κ1) is 30.0. The second-order valence-corrected chi connectivity index (χ2v) is 14.5. The molecule has 1 aliphatic carbocycles. The van der Waals surface area contributed by atoms with E-state index in [0.717, 1.165) is 61.5 Å². The smallest absolute Gasteiger partial charge is 0.337 e. The van der Waals surface area contributed by atoms with Gasteiger partial charge in [0.1, 0.15) is 5.82 Å². The maximum absolute atomic E-state index is 14.2. The van der Waals surface area contributed by atoms with Crippen molar-refractivity contribution in [2.75, 3.05) is 31.1 Å². The number of hydrogen-bond acceptors (Lipinski definition) is 5. The largest absolute Gasteiger partial charge is 0.479 e. The Bertz CT molecular complexity index is 1240. The number of halogens is 1. The van der Waals surface area contributed by atoms with Crippen molar-refractivity contribution in [2.24, 2.45) is 10.8 Å². The van der Waals surface area contributed by atoms with Gasteiger partial charge in [-0.3, -0.25) is 9.88 Å². The average Bonchev–Trinajstić information content (AvgIpc) is 2.87. The molecule has 1 spiro atoms. The molecule has 1 N–H and O–H groups in total. The van der Waals surface area contributed by atoms with Gasteiger partial charge in [-0.1, -0.05) is 32.4 Å². The summed E-state index contributed by atoms with van der Waals surface area (Å²) in [6, 6.07) is 6.60. The summed E-state index contributed by atoms with van der Waals surface area (Å²) in [6.07, 6.45) is 7.34. The highest BCUT2D eigenvalue weighted by atomic mass is 19.1. The highest BCUT2D eigenvalue weighted by Gasteiger charge is 2.41. The lowest BCUT2D eigenvalue weighted by Gasteiger charge is -2.48. The number of hydrogen-bond donors (Lipinski definition) is 1. The van der Waals surface area contributed by atoms with Crippen LogP contribution < -0.4 is 4.90 Å². The number of aromatic nitrogens is 1. The average molecular weight is 566 g/mol. The first-order chi connectivity index (χ1) is 19.3. The summed E-state index contributed by atoms with van der Waals surface area (Å²) in [4.78, 5) is 22.8. The fourth-order valence-electron chi connectivity index (χ4n) is 6.93. The van der Waals surface area contributed by atoms with E-state index in [9.17, 15) is 14.3 Å². The number of ether oxygens (including phenoxy) is 1. The van der Waals surface area contributed by atoms with Gasteiger partial charge < -0.3 is 14.7 Å². The number of carboxylic acids is 1. The number of pyridine rings is 1. The predicted octanol–water partition coefficient (Wildman–Crippen LogP) is 7.53. The summed E-state index contributed by atoms with van der Waals surface area (Å²) in [7, 11) is 0. The number of likely N-dealkylation sites (tertiary alicyclic amines) is 1. The van der Waals surface area contributed by atoms with E-state index in [2.05, 4.69) is 23.6 Å². The van der Waals surface area contributed by atoms with E-state index in [0.29, 0.717) is 23.2 Å². The molecule has 0 bridgehead atoms. The number of anilines is 1. The SMILES string of the molecule is Cc1nc(CN2CCC3(CCC3)CC2)c(-c2ccc(F)cc2)c(N2CCC(C)(C)CC2)c1C(OC(C)(C)C)C(=O)O. The van der Waals surface area contributed by atoms with E-state index >= 15 is 0 Å². The summed E-state index contributed by atoms with van der Waals surface area (Å²) >= 11 is 0. The van der Waals surface area contributed by atoms with Crippen LogP contribution in [0.15, 0.2) is 24.3 Å². The number of rotatable bonds is 7. The zero-order chi connectivity index (χ0) is 29.6. The normalized spacial score (nSPS) is 21.5. The number of aliphatic carboxylic acids is 1. The Kier molecular flexibility index (Phi) is 8.25. The van der Waals surface area contributed by atoms with Crippen LogP contribution in [0.2, 0.25) is 0 Å². The van der Waals surface area contributed by atoms with E-state index in [1.807, 2.05) is 39.8 Å². The zero-order valence-electron chi connectivity index (χ0n) is 25.9. The van der Waals surface area contributed by atoms with Crippen LogP contribution in [0.5, 0.6) is 0 Å². The molecule has 3 fully saturated rings. The summed E-state index contributed by atoms with van der Waals surface area (Å²) in [5, 5.41) is 10.5. The van der Waals surface area contributed by atoms with Gasteiger partial charge in [-0.25, -0.2) is 9.18 Å². The van der Waals surface area contributed by atoms with E-state index in [1.165, 1.54) is 44.2 Å². The fraction of sp³-hybridized carbons (Fsp3) is 0.647. The van der Waals surface area contributed by atoms with Crippen LogP contribution in [0.4, 0.5) is 10.1 Å². The van der Waals surface area contributed by atoms with Crippen LogP contribution in [0.3, 0.4) is 0 Å². The maximum Gasteiger partial charge on any atom is 0.337 e. The Morgan fingerprint density at radius 3 is 2.15 bits per heavy atom. The Morgan fingerprint density at radius 2 is 1.63 bits per heavy atom. The van der Waals surface area contributed by atoms with Gasteiger partial charge in [-0.05, 0) is 108 Å². The van der Waals surface area contributed by atoms with E-state index in [4.69, 9.17) is 9.72 Å². The molecular formula is C34H48FN3O3. The molecular weight excluding hydrogens is 517 g/mol. The van der Waals surface area contributed by atoms with Crippen molar-refractivity contribution in [2.45, 2.75) is 105 Å². The van der Waals surface area contributed by atoms with Gasteiger partial charge in [0.25, 0.3) is 0 Å². The number of nitrogens with zero attached hydrogens (tertiary/aromatic N) is 3. The van der Waals surface area contributed by atoms with Crippen molar-refractivity contribution in [3.63, 3.8) is 0 Å². The molecule has 3 heterocycles. The number of aryl methyl sites for hydroxylation is 1. The van der Waals surface area contributed by atoms with Crippen molar-refractivity contribution < 1.29 is 19.0 Å².